The summed E-state index contributed by atoms with van der Waals surface area (Å²) in [7, 11) is 0. The Labute approximate surface area is 58.9 Å². The van der Waals surface area contributed by atoms with E-state index < -0.39 is 0 Å². The zero-order chi connectivity index (χ0) is 6.85. The van der Waals surface area contributed by atoms with E-state index in [1.165, 1.54) is 0 Å². The molecular weight excluding hydrogens is 136 g/mol. The summed E-state index contributed by atoms with van der Waals surface area (Å²) in [5.74, 6) is 0.511. The molecule has 2 heteroatoms. The minimum atomic E-state index is 0.511. The van der Waals surface area contributed by atoms with Crippen LogP contribution >= 0.6 is 11.6 Å². The van der Waals surface area contributed by atoms with E-state index in [2.05, 4.69) is 0 Å². The summed E-state index contributed by atoms with van der Waals surface area (Å²) >= 11 is 5.70. The molecule has 1 rings (SSSR count). The summed E-state index contributed by atoms with van der Waals surface area (Å²) in [5, 5.41) is 7.90. The van der Waals surface area contributed by atoms with Gasteiger partial charge in [-0.15, -0.1) is 0 Å². The topological polar surface area (TPSA) is 22.9 Å². The molecule has 0 spiro atoms. The minimum absolute atomic E-state index is 0.511. The first-order valence-corrected chi connectivity index (χ1v) is 3.05. The number of halogens is 1. The lowest BCUT2D eigenvalue weighted by Gasteiger charge is -1.93. The molecule has 0 heterocycles. The van der Waals surface area contributed by atoms with Crippen LogP contribution in [0.1, 0.15) is 5.56 Å². The van der Waals surface area contributed by atoms with Crippen LogP contribution in [0.5, 0.6) is 5.75 Å². The van der Waals surface area contributed by atoms with Crippen molar-refractivity contribution in [2.45, 2.75) is 6.92 Å². The summed E-state index contributed by atoms with van der Waals surface area (Å²) in [6.45, 7) is 1.89. The Kier molecular flexibility index (Phi) is 1.63. The maximum Gasteiger partial charge on any atom is 0.254 e. The van der Waals surface area contributed by atoms with Gasteiger partial charge in [-0.1, -0.05) is 11.6 Å². The molecule has 0 aliphatic rings. The van der Waals surface area contributed by atoms with Crippen LogP contribution in [-0.2, 0) is 0 Å². The van der Waals surface area contributed by atoms with Crippen LogP contribution in [-0.4, -0.2) is 5.11 Å². The second-order valence-electron chi connectivity index (χ2n) is 1.96. The zero-order valence-electron chi connectivity index (χ0n) is 5.11. The Hall–Kier alpha value is -0.690. The molecule has 0 aromatic heterocycles. The van der Waals surface area contributed by atoms with Gasteiger partial charge in [0.1, 0.15) is 0 Å². The van der Waals surface area contributed by atoms with Crippen LogP contribution in [0.4, 0.5) is 0 Å². The number of rotatable bonds is 0. The highest BCUT2D eigenvalue weighted by atomic mass is 35.5. The SMILES string of the molecule is Cc1cc([OH2+])ccc1Cl. The number of hydrogen-bond donors (Lipinski definition) is 0. The Morgan fingerprint density at radius 3 is 2.56 bits per heavy atom. The molecule has 1 aromatic carbocycles. The van der Waals surface area contributed by atoms with E-state index in [1.807, 2.05) is 6.92 Å². The molecule has 0 aliphatic heterocycles. The Balaban J connectivity index is 3.17. The quantitative estimate of drug-likeness (QED) is 0.497. The van der Waals surface area contributed by atoms with Gasteiger partial charge in [-0.2, -0.15) is 0 Å². The Morgan fingerprint density at radius 2 is 2.11 bits per heavy atom. The van der Waals surface area contributed by atoms with Gasteiger partial charge in [0.05, 0.1) is 0 Å². The van der Waals surface area contributed by atoms with E-state index in [1.54, 1.807) is 18.2 Å². The van der Waals surface area contributed by atoms with Gasteiger partial charge in [0.2, 0.25) is 0 Å². The summed E-state index contributed by atoms with van der Waals surface area (Å²) < 4.78 is 0. The van der Waals surface area contributed by atoms with Gasteiger partial charge in [0.25, 0.3) is 5.75 Å². The lowest BCUT2D eigenvalue weighted by atomic mass is 10.2. The molecular formula is C7H8ClO+. The van der Waals surface area contributed by atoms with Crippen LogP contribution in [0.15, 0.2) is 18.2 Å². The average molecular weight is 144 g/mol. The smallest absolute Gasteiger partial charge is 0.254 e. The van der Waals surface area contributed by atoms with Gasteiger partial charge in [-0.3, -0.25) is 0 Å². The summed E-state index contributed by atoms with van der Waals surface area (Å²) in [4.78, 5) is 0. The highest BCUT2D eigenvalue weighted by Crippen LogP contribution is 2.19. The van der Waals surface area contributed by atoms with E-state index in [0.717, 1.165) is 10.6 Å². The zero-order valence-corrected chi connectivity index (χ0v) is 5.87. The normalized spacial score (nSPS) is 9.56. The standard InChI is InChI=1S/C7H7ClO/c1-5-4-6(9)2-3-7(5)8/h2-4,9H,1H3/p+1. The molecule has 2 N–H and O–H groups in total. The molecule has 48 valence electrons. The lowest BCUT2D eigenvalue weighted by molar-refractivity contribution is 0.475. The van der Waals surface area contributed by atoms with Crippen molar-refractivity contribution in [1.29, 1.82) is 0 Å². The molecule has 0 radical (unpaired) electrons. The van der Waals surface area contributed by atoms with Crippen LogP contribution in [0.3, 0.4) is 0 Å². The van der Waals surface area contributed by atoms with Crippen molar-refractivity contribution < 1.29 is 5.11 Å². The van der Waals surface area contributed by atoms with Crippen molar-refractivity contribution in [3.8, 4) is 5.75 Å². The predicted octanol–water partition coefficient (Wildman–Crippen LogP) is 2.09. The molecule has 0 saturated carbocycles. The molecule has 0 aliphatic carbocycles. The molecule has 0 bridgehead atoms. The van der Waals surface area contributed by atoms with E-state index in [0.29, 0.717) is 5.75 Å². The molecule has 0 atom stereocenters. The molecule has 0 unspecified atom stereocenters. The second-order valence-corrected chi connectivity index (χ2v) is 2.37. The van der Waals surface area contributed by atoms with Gasteiger partial charge >= 0.3 is 0 Å². The Bertz CT molecular complexity index is 220. The third-order valence-electron chi connectivity index (χ3n) is 1.16. The summed E-state index contributed by atoms with van der Waals surface area (Å²) in [6, 6.07) is 5.15. The maximum atomic E-state index is 7.17. The van der Waals surface area contributed by atoms with Gasteiger partial charge in [0.15, 0.2) is 0 Å². The van der Waals surface area contributed by atoms with Gasteiger partial charge < -0.3 is 5.11 Å². The highest BCUT2D eigenvalue weighted by molar-refractivity contribution is 6.31. The van der Waals surface area contributed by atoms with E-state index in [-0.39, 0.29) is 0 Å². The first-order valence-electron chi connectivity index (χ1n) is 2.68. The molecule has 0 saturated heterocycles. The third-order valence-corrected chi connectivity index (χ3v) is 1.58. The van der Waals surface area contributed by atoms with Gasteiger partial charge in [0, 0.05) is 17.2 Å². The fourth-order valence-corrected chi connectivity index (χ4v) is 0.762. The van der Waals surface area contributed by atoms with E-state index in [9.17, 15) is 0 Å². The van der Waals surface area contributed by atoms with Gasteiger partial charge in [-0.05, 0) is 18.6 Å². The van der Waals surface area contributed by atoms with Crippen molar-refractivity contribution in [3.63, 3.8) is 0 Å². The largest absolute Gasteiger partial charge is 0.593 e. The highest BCUT2D eigenvalue weighted by Gasteiger charge is 1.96. The van der Waals surface area contributed by atoms with Crippen molar-refractivity contribution in [2.24, 2.45) is 0 Å². The van der Waals surface area contributed by atoms with Gasteiger partial charge in [-0.25, -0.2) is 0 Å². The number of hydrogen-bond acceptors (Lipinski definition) is 0. The molecule has 0 fully saturated rings. The van der Waals surface area contributed by atoms with Crippen LogP contribution < -0.4 is 0 Å². The Morgan fingerprint density at radius 1 is 1.44 bits per heavy atom. The molecule has 0 amide bonds. The fraction of sp³-hybridized carbons (Fsp3) is 0.143. The monoisotopic (exact) mass is 143 g/mol. The third kappa shape index (κ3) is 1.36. The average Bonchev–Trinajstić information content (AvgIpc) is 1.80. The maximum absolute atomic E-state index is 7.17. The van der Waals surface area contributed by atoms with E-state index in [4.69, 9.17) is 16.7 Å². The first-order chi connectivity index (χ1) is 4.20. The predicted molar refractivity (Wildman–Crippen MR) is 39.2 cm³/mol. The number of benzene rings is 1. The molecule has 9 heavy (non-hydrogen) atoms. The summed E-state index contributed by atoms with van der Waals surface area (Å²) in [6.07, 6.45) is 0. The molecule has 1 aromatic rings. The molecule has 1 nitrogen and oxygen atoms in total. The van der Waals surface area contributed by atoms with E-state index >= 15 is 0 Å². The van der Waals surface area contributed by atoms with Crippen molar-refractivity contribution in [1.82, 2.24) is 0 Å². The van der Waals surface area contributed by atoms with Crippen LogP contribution in [0.2, 0.25) is 5.02 Å². The van der Waals surface area contributed by atoms with Crippen molar-refractivity contribution in [3.05, 3.63) is 28.8 Å². The van der Waals surface area contributed by atoms with Crippen LogP contribution in [0, 0.1) is 6.92 Å². The van der Waals surface area contributed by atoms with Crippen molar-refractivity contribution in [2.75, 3.05) is 0 Å². The summed E-state index contributed by atoms with van der Waals surface area (Å²) in [5.41, 5.74) is 0.962. The second kappa shape index (κ2) is 2.28. The lowest BCUT2D eigenvalue weighted by Crippen LogP contribution is -1.71. The van der Waals surface area contributed by atoms with Crippen molar-refractivity contribution >= 4 is 11.6 Å². The minimum Gasteiger partial charge on any atom is -0.593 e. The van der Waals surface area contributed by atoms with Crippen LogP contribution in [0.25, 0.3) is 0 Å². The number of aryl methyl sites for hydroxylation is 1. The first kappa shape index (κ1) is 6.43. The fourth-order valence-electron chi connectivity index (χ4n) is 0.645.